The number of ether oxygens (including phenoxy) is 1. The van der Waals surface area contributed by atoms with Crippen molar-refractivity contribution in [3.05, 3.63) is 29.1 Å². The summed E-state index contributed by atoms with van der Waals surface area (Å²) in [6.45, 7) is 4.32. The molecule has 0 aromatic heterocycles. The Morgan fingerprint density at radius 1 is 0.800 bits per heavy atom. The van der Waals surface area contributed by atoms with Crippen molar-refractivity contribution < 1.29 is 39.9 Å². The second-order valence-corrected chi connectivity index (χ2v) is 13.8. The summed E-state index contributed by atoms with van der Waals surface area (Å²) < 4.78 is 94.7. The van der Waals surface area contributed by atoms with E-state index in [4.69, 9.17) is 12.2 Å². The van der Waals surface area contributed by atoms with Crippen molar-refractivity contribution >= 4 is 42.0 Å². The van der Waals surface area contributed by atoms with Crippen molar-refractivity contribution in [1.82, 2.24) is 0 Å². The number of thiocarbonyl (C=S) groups is 1. The van der Waals surface area contributed by atoms with Crippen LogP contribution in [0.3, 0.4) is 0 Å². The highest BCUT2D eigenvalue weighted by Gasteiger charge is 2.40. The van der Waals surface area contributed by atoms with Gasteiger partial charge in [-0.3, -0.25) is 4.79 Å². The molecule has 1 aromatic rings. The summed E-state index contributed by atoms with van der Waals surface area (Å²) in [5.41, 5.74) is 0. The first-order valence-corrected chi connectivity index (χ1v) is 14.7. The molecule has 1 aromatic carbocycles. The predicted molar refractivity (Wildman–Crippen MR) is 132 cm³/mol. The number of unbranched alkanes of at least 4 members (excludes halogenated alkanes) is 9. The van der Waals surface area contributed by atoms with Crippen molar-refractivity contribution in [3.63, 3.8) is 0 Å². The van der Waals surface area contributed by atoms with Crippen LogP contribution in [-0.4, -0.2) is 23.3 Å². The molecule has 0 amide bonds. The molecule has 4 nitrogen and oxygen atoms in total. The molecular weight excluding hydrogens is 531 g/mol. The maximum atomic E-state index is 13.8. The zero-order chi connectivity index (χ0) is 26.8. The van der Waals surface area contributed by atoms with E-state index in [1.807, 2.05) is 0 Å². The van der Waals surface area contributed by atoms with Gasteiger partial charge in [-0.1, -0.05) is 76.9 Å². The number of benzene rings is 1. The molecule has 0 N–H and O–H groups in total. The van der Waals surface area contributed by atoms with Crippen LogP contribution in [0, 0.1) is 29.1 Å². The summed E-state index contributed by atoms with van der Waals surface area (Å²) in [5.74, 6) is -15.0. The van der Waals surface area contributed by atoms with E-state index in [1.165, 1.54) is 32.1 Å². The number of rotatable bonds is 15. The molecule has 12 heteroatoms. The van der Waals surface area contributed by atoms with Crippen molar-refractivity contribution in [3.8, 4) is 5.75 Å². The average molecular weight is 563 g/mol. The highest BCUT2D eigenvalue weighted by Crippen LogP contribution is 2.36. The Hall–Kier alpha value is -1.27. The van der Waals surface area contributed by atoms with Gasteiger partial charge in [0.05, 0.1) is 0 Å². The number of hydrogen-bond acceptors (Lipinski definition) is 6. The minimum atomic E-state index is -4.16. The molecule has 0 unspecified atom stereocenters. The zero-order valence-corrected chi connectivity index (χ0v) is 22.5. The van der Waals surface area contributed by atoms with Gasteiger partial charge in [0.15, 0.2) is 0 Å². The first-order chi connectivity index (χ1) is 16.3. The van der Waals surface area contributed by atoms with E-state index >= 15 is 0 Å². The summed E-state index contributed by atoms with van der Waals surface area (Å²) in [7, 11) is -4.06. The van der Waals surface area contributed by atoms with Gasteiger partial charge in [0.1, 0.15) is 8.94 Å². The molecule has 0 saturated heterocycles. The van der Waals surface area contributed by atoms with Crippen LogP contribution < -0.4 is 4.74 Å². The fraction of sp³-hybridized carbons (Fsp3) is 0.652. The van der Waals surface area contributed by atoms with Gasteiger partial charge in [-0.2, -0.15) is 8.78 Å². The van der Waals surface area contributed by atoms with Gasteiger partial charge in [-0.15, -0.1) is 0 Å². The number of esters is 1. The molecule has 0 bridgehead atoms. The van der Waals surface area contributed by atoms with Crippen LogP contribution in [0.2, 0.25) is 0 Å². The lowest BCUT2D eigenvalue weighted by Gasteiger charge is -2.22. The summed E-state index contributed by atoms with van der Waals surface area (Å²) in [5, 5.41) is 0. The van der Waals surface area contributed by atoms with Crippen LogP contribution in [-0.2, 0) is 13.7 Å². The Bertz CT molecular complexity index is 968. The highest BCUT2D eigenvalue weighted by molar-refractivity contribution is 8.79. The second-order valence-electron chi connectivity index (χ2n) is 8.64. The monoisotopic (exact) mass is 562 g/mol. The second kappa shape index (κ2) is 14.5. The lowest BCUT2D eigenvalue weighted by Crippen LogP contribution is -2.35. The molecule has 35 heavy (non-hydrogen) atoms. The van der Waals surface area contributed by atoms with Crippen molar-refractivity contribution in [2.45, 2.75) is 96.1 Å². The predicted octanol–water partition coefficient (Wildman–Crippen LogP) is 7.77. The topological polar surface area (TPSA) is 60.4 Å². The molecular formula is C23H31F5O4S3. The Morgan fingerprint density at radius 2 is 1.20 bits per heavy atom. The third-order valence-corrected chi connectivity index (χ3v) is 10.4. The fourth-order valence-electron chi connectivity index (χ4n) is 3.13. The first kappa shape index (κ1) is 31.8. The van der Waals surface area contributed by atoms with Gasteiger partial charge >= 0.3 is 5.97 Å². The molecule has 1 rings (SSSR count). The number of halogens is 5. The van der Waals surface area contributed by atoms with E-state index in [0.717, 1.165) is 39.5 Å². The fourth-order valence-corrected chi connectivity index (χ4v) is 7.10. The Balaban J connectivity index is 2.60. The van der Waals surface area contributed by atoms with Gasteiger partial charge in [0.2, 0.25) is 43.7 Å². The number of carbonyl (C=O) groups is 1. The van der Waals surface area contributed by atoms with E-state index < -0.39 is 54.4 Å². The van der Waals surface area contributed by atoms with Crippen LogP contribution >= 0.6 is 23.0 Å². The summed E-state index contributed by atoms with van der Waals surface area (Å²) in [6, 6.07) is 0. The standard InChI is InChI=1S/C23H31F5O4S3/c1-4-5-6-7-8-9-10-11-12-13-14-15(33)35(30,31)34-23(2,3)22(29)32-21-19(27)17(25)16(24)18(26)20(21)28/h4-14H2,1-3H3. The van der Waals surface area contributed by atoms with E-state index in [-0.39, 0.29) is 21.4 Å². The lowest BCUT2D eigenvalue weighted by molar-refractivity contribution is -0.136. The molecule has 0 radical (unpaired) electrons. The molecule has 200 valence electrons. The van der Waals surface area contributed by atoms with Crippen LogP contribution in [0.25, 0.3) is 0 Å². The summed E-state index contributed by atoms with van der Waals surface area (Å²) in [6.07, 6.45) is 10.7. The van der Waals surface area contributed by atoms with E-state index in [1.54, 1.807) is 0 Å². The Labute approximate surface area is 212 Å². The van der Waals surface area contributed by atoms with Gasteiger partial charge in [-0.05, 0) is 37.5 Å². The maximum absolute atomic E-state index is 13.8. The van der Waals surface area contributed by atoms with Gasteiger partial charge in [0.25, 0.3) is 0 Å². The van der Waals surface area contributed by atoms with E-state index in [0.29, 0.717) is 6.42 Å². The molecule has 0 saturated carbocycles. The van der Waals surface area contributed by atoms with Crippen LogP contribution in [0.15, 0.2) is 0 Å². The van der Waals surface area contributed by atoms with Crippen molar-refractivity contribution in [2.24, 2.45) is 0 Å². The smallest absolute Gasteiger partial charge is 0.328 e. The first-order valence-electron chi connectivity index (χ1n) is 11.5. The van der Waals surface area contributed by atoms with Gasteiger partial charge in [0, 0.05) is 0 Å². The molecule has 0 atom stereocenters. The Kier molecular flexibility index (Phi) is 13.1. The molecule has 0 aliphatic rings. The molecule has 0 aliphatic carbocycles. The number of carbonyl (C=O) groups excluding carboxylic acids is 1. The normalized spacial score (nSPS) is 12.1. The molecule has 0 aliphatic heterocycles. The minimum Gasteiger partial charge on any atom is -0.419 e. The SMILES string of the molecule is CCCCCCCCCCCCC(=S)S(=O)(=O)SC(C)(C)C(=O)Oc1c(F)c(F)c(F)c(F)c1F. The maximum Gasteiger partial charge on any atom is 0.328 e. The average Bonchev–Trinajstić information content (AvgIpc) is 2.79. The molecule has 0 heterocycles. The quantitative estimate of drug-likeness (QED) is 0.0318. The largest absolute Gasteiger partial charge is 0.419 e. The van der Waals surface area contributed by atoms with Crippen molar-refractivity contribution in [2.75, 3.05) is 0 Å². The third-order valence-electron chi connectivity index (χ3n) is 5.19. The van der Waals surface area contributed by atoms with Crippen LogP contribution in [0.4, 0.5) is 22.0 Å². The Morgan fingerprint density at radius 3 is 1.66 bits per heavy atom. The van der Waals surface area contributed by atoms with E-state index in [2.05, 4.69) is 11.7 Å². The van der Waals surface area contributed by atoms with Gasteiger partial charge in [-0.25, -0.2) is 21.6 Å². The summed E-state index contributed by atoms with van der Waals surface area (Å²) in [4.78, 5) is 12.4. The third kappa shape index (κ3) is 9.60. The van der Waals surface area contributed by atoms with Crippen LogP contribution in [0.1, 0.15) is 91.4 Å². The molecule has 0 spiro atoms. The summed E-state index contributed by atoms with van der Waals surface area (Å²) >= 11 is 5.00. The lowest BCUT2D eigenvalue weighted by atomic mass is 10.1. The number of hydrogen-bond donors (Lipinski definition) is 0. The molecule has 0 fully saturated rings. The van der Waals surface area contributed by atoms with Crippen LogP contribution in [0.5, 0.6) is 5.75 Å². The highest BCUT2D eigenvalue weighted by atomic mass is 33.1. The van der Waals surface area contributed by atoms with Crippen molar-refractivity contribution in [1.29, 1.82) is 0 Å². The zero-order valence-electron chi connectivity index (χ0n) is 20.0. The minimum absolute atomic E-state index is 0.0942. The van der Waals surface area contributed by atoms with E-state index in [9.17, 15) is 35.2 Å². The van der Waals surface area contributed by atoms with Gasteiger partial charge < -0.3 is 4.74 Å².